The van der Waals surface area contributed by atoms with Crippen molar-refractivity contribution in [2.75, 3.05) is 26.2 Å². The highest BCUT2D eigenvalue weighted by Gasteiger charge is 2.40. The van der Waals surface area contributed by atoms with E-state index in [9.17, 15) is 14.9 Å². The van der Waals surface area contributed by atoms with Crippen LogP contribution in [0.15, 0.2) is 6.20 Å². The quantitative estimate of drug-likeness (QED) is 0.568. The zero-order valence-electron chi connectivity index (χ0n) is 12.0. The predicted octanol–water partition coefficient (Wildman–Crippen LogP) is 0.275. The monoisotopic (exact) mass is 298 g/mol. The Balaban J connectivity index is 1.83. The van der Waals surface area contributed by atoms with Crippen molar-refractivity contribution in [1.82, 2.24) is 14.5 Å². The molecule has 9 heteroatoms. The van der Waals surface area contributed by atoms with Gasteiger partial charge in [0, 0.05) is 26.6 Å². The first-order valence-electron chi connectivity index (χ1n) is 6.55. The third kappa shape index (κ3) is 3.56. The molecule has 0 amide bonds. The van der Waals surface area contributed by atoms with Crippen LogP contribution >= 0.6 is 0 Å². The van der Waals surface area contributed by atoms with Crippen LogP contribution in [0.2, 0.25) is 0 Å². The van der Waals surface area contributed by atoms with E-state index in [2.05, 4.69) is 9.88 Å². The van der Waals surface area contributed by atoms with E-state index < -0.39 is 16.5 Å². The van der Waals surface area contributed by atoms with E-state index in [0.717, 1.165) is 0 Å². The number of hydrogen-bond acceptors (Lipinski definition) is 6. The zero-order chi connectivity index (χ0) is 15.6. The maximum atomic E-state index is 10.9. The fourth-order valence-corrected chi connectivity index (χ4v) is 2.50. The van der Waals surface area contributed by atoms with Gasteiger partial charge in [0.15, 0.2) is 5.82 Å². The van der Waals surface area contributed by atoms with Gasteiger partial charge in [0.05, 0.1) is 5.60 Å². The molecule has 0 aliphatic carbocycles. The first kappa shape index (κ1) is 15.4. The number of aromatic nitrogens is 2. The zero-order valence-corrected chi connectivity index (χ0v) is 12.0. The molecule has 1 aromatic heterocycles. The summed E-state index contributed by atoms with van der Waals surface area (Å²) in [7, 11) is 0. The van der Waals surface area contributed by atoms with Gasteiger partial charge in [-0.2, -0.15) is 0 Å². The summed E-state index contributed by atoms with van der Waals surface area (Å²) in [6.07, 6.45) is 1.26. The van der Waals surface area contributed by atoms with Crippen molar-refractivity contribution in [2.24, 2.45) is 0 Å². The van der Waals surface area contributed by atoms with E-state index in [4.69, 9.17) is 9.84 Å². The summed E-state index contributed by atoms with van der Waals surface area (Å²) in [4.78, 5) is 26.9. The number of aryl methyl sites for hydroxylation is 1. The molecule has 9 nitrogen and oxygen atoms in total. The van der Waals surface area contributed by atoms with E-state index in [-0.39, 0.29) is 12.4 Å². The van der Waals surface area contributed by atoms with Gasteiger partial charge in [-0.15, -0.1) is 0 Å². The van der Waals surface area contributed by atoms with Crippen molar-refractivity contribution in [3.05, 3.63) is 22.1 Å². The minimum Gasteiger partial charge on any atom is -0.480 e. The van der Waals surface area contributed by atoms with Crippen molar-refractivity contribution in [2.45, 2.75) is 26.0 Å². The summed E-state index contributed by atoms with van der Waals surface area (Å²) >= 11 is 0. The van der Waals surface area contributed by atoms with Gasteiger partial charge in [0.2, 0.25) is 0 Å². The highest BCUT2D eigenvalue weighted by atomic mass is 16.6. The molecule has 1 N–H and O–H groups in total. The van der Waals surface area contributed by atoms with Gasteiger partial charge in [-0.05, 0) is 11.8 Å². The molecule has 1 aromatic rings. The lowest BCUT2D eigenvalue weighted by Crippen LogP contribution is -2.62. The predicted molar refractivity (Wildman–Crippen MR) is 72.1 cm³/mol. The van der Waals surface area contributed by atoms with E-state index >= 15 is 0 Å². The van der Waals surface area contributed by atoms with E-state index in [1.165, 1.54) is 6.20 Å². The number of likely N-dealkylation sites (tertiary alicyclic amines) is 1. The van der Waals surface area contributed by atoms with Gasteiger partial charge < -0.3 is 20.0 Å². The number of ether oxygens (including phenoxy) is 1. The number of carboxylic acid groups (broad SMARTS) is 1. The Bertz CT molecular complexity index is 550. The largest absolute Gasteiger partial charge is 0.480 e. The first-order chi connectivity index (χ1) is 9.81. The minimum absolute atomic E-state index is 0.0158. The summed E-state index contributed by atoms with van der Waals surface area (Å²) in [5, 5.41) is 19.5. The van der Waals surface area contributed by atoms with Crippen molar-refractivity contribution in [1.29, 1.82) is 0 Å². The van der Waals surface area contributed by atoms with Crippen LogP contribution in [0.4, 0.5) is 5.82 Å². The summed E-state index contributed by atoms with van der Waals surface area (Å²) in [6, 6.07) is 0. The van der Waals surface area contributed by atoms with Gasteiger partial charge in [-0.3, -0.25) is 4.90 Å². The molecule has 1 saturated heterocycles. The number of aliphatic carboxylic acids is 1. The number of carbonyl (C=O) groups is 1. The van der Waals surface area contributed by atoms with Crippen LogP contribution in [0.3, 0.4) is 0 Å². The third-order valence-electron chi connectivity index (χ3n) is 3.52. The summed E-state index contributed by atoms with van der Waals surface area (Å²) in [6.45, 7) is 5.60. The topological polar surface area (TPSA) is 111 Å². The van der Waals surface area contributed by atoms with Crippen LogP contribution in [0.5, 0.6) is 0 Å². The highest BCUT2D eigenvalue weighted by Crippen LogP contribution is 2.24. The molecule has 2 heterocycles. The Labute approximate surface area is 121 Å². The molecule has 21 heavy (non-hydrogen) atoms. The smallest absolute Gasteiger partial charge is 0.342 e. The molecule has 0 unspecified atom stereocenters. The Morgan fingerprint density at radius 2 is 2.24 bits per heavy atom. The van der Waals surface area contributed by atoms with E-state index in [1.54, 1.807) is 11.5 Å². The molecule has 0 spiro atoms. The number of nitro groups is 1. The van der Waals surface area contributed by atoms with Gasteiger partial charge in [-0.25, -0.2) is 14.3 Å². The Kier molecular flexibility index (Phi) is 4.24. The number of rotatable bonds is 7. The molecular weight excluding hydrogens is 280 g/mol. The molecule has 1 fully saturated rings. The Hall–Kier alpha value is -2.00. The third-order valence-corrected chi connectivity index (χ3v) is 3.52. The van der Waals surface area contributed by atoms with Crippen LogP contribution in [0.1, 0.15) is 12.7 Å². The lowest BCUT2D eigenvalue weighted by Gasteiger charge is -2.47. The number of carboxylic acids is 1. The fourth-order valence-electron chi connectivity index (χ4n) is 2.50. The van der Waals surface area contributed by atoms with Crippen LogP contribution in [-0.2, 0) is 16.1 Å². The molecule has 0 aromatic carbocycles. The Morgan fingerprint density at radius 3 is 2.81 bits per heavy atom. The highest BCUT2D eigenvalue weighted by molar-refractivity contribution is 5.68. The molecule has 0 atom stereocenters. The molecule has 1 aliphatic heterocycles. The van der Waals surface area contributed by atoms with Crippen molar-refractivity contribution in [3.8, 4) is 0 Å². The number of hydrogen-bond donors (Lipinski definition) is 1. The minimum atomic E-state index is -0.987. The van der Waals surface area contributed by atoms with Gasteiger partial charge in [0.1, 0.15) is 19.3 Å². The summed E-state index contributed by atoms with van der Waals surface area (Å²) < 4.78 is 6.87. The first-order valence-corrected chi connectivity index (χ1v) is 6.55. The maximum Gasteiger partial charge on any atom is 0.342 e. The molecular formula is C12H18N4O5. The van der Waals surface area contributed by atoms with Crippen molar-refractivity contribution < 1.29 is 19.6 Å². The van der Waals surface area contributed by atoms with Crippen LogP contribution in [-0.4, -0.2) is 62.3 Å². The number of nitrogens with zero attached hydrogens (tertiary/aromatic N) is 4. The van der Waals surface area contributed by atoms with E-state index in [1.807, 2.05) is 6.92 Å². The van der Waals surface area contributed by atoms with Gasteiger partial charge in [-0.1, -0.05) is 0 Å². The van der Waals surface area contributed by atoms with Gasteiger partial charge in [0.25, 0.3) is 0 Å². The molecule has 1 aliphatic rings. The van der Waals surface area contributed by atoms with Crippen molar-refractivity contribution >= 4 is 11.8 Å². The second-order valence-electron chi connectivity index (χ2n) is 5.42. The van der Waals surface area contributed by atoms with Crippen LogP contribution in [0, 0.1) is 17.0 Å². The summed E-state index contributed by atoms with van der Waals surface area (Å²) in [5.74, 6) is -0.399. The number of imidazole rings is 1. The SMILES string of the molecule is Cc1ncc([N+](=O)[O-])n1CCN1CC(C)(OCC(=O)O)C1. The standard InChI is InChI=1S/C12H18N4O5/c1-9-13-5-10(16(19)20)15(9)4-3-14-7-12(2,8-14)21-6-11(17)18/h5H,3-4,6-8H2,1-2H3,(H,17,18). The average molecular weight is 298 g/mol. The maximum absolute atomic E-state index is 10.9. The van der Waals surface area contributed by atoms with E-state index in [0.29, 0.717) is 32.0 Å². The van der Waals surface area contributed by atoms with Crippen LogP contribution in [0.25, 0.3) is 0 Å². The Morgan fingerprint density at radius 1 is 1.57 bits per heavy atom. The lowest BCUT2D eigenvalue weighted by molar-refractivity contribution is -0.392. The second-order valence-corrected chi connectivity index (χ2v) is 5.42. The molecule has 116 valence electrons. The van der Waals surface area contributed by atoms with Crippen LogP contribution < -0.4 is 0 Å². The van der Waals surface area contributed by atoms with Crippen molar-refractivity contribution in [3.63, 3.8) is 0 Å². The average Bonchev–Trinajstić information content (AvgIpc) is 2.72. The van der Waals surface area contributed by atoms with Gasteiger partial charge >= 0.3 is 11.8 Å². The molecule has 0 saturated carbocycles. The normalized spacial score (nSPS) is 17.4. The second kappa shape index (κ2) is 5.78. The summed E-state index contributed by atoms with van der Waals surface area (Å²) in [5.41, 5.74) is -0.450. The lowest BCUT2D eigenvalue weighted by atomic mass is 9.96. The molecule has 0 bridgehead atoms. The fraction of sp³-hybridized carbons (Fsp3) is 0.667. The molecule has 2 rings (SSSR count). The molecule has 0 radical (unpaired) electrons.